The molecular formula is C14H17FN2OS. The highest BCUT2D eigenvalue weighted by molar-refractivity contribution is 7.21. The molecule has 3 nitrogen and oxygen atoms in total. The molecule has 3 N–H and O–H groups in total. The van der Waals surface area contributed by atoms with Crippen LogP contribution in [0.15, 0.2) is 18.2 Å². The maximum Gasteiger partial charge on any atom is 0.263 e. The Balaban J connectivity index is 2.30. The molecule has 0 spiro atoms. The van der Waals surface area contributed by atoms with Crippen molar-refractivity contribution < 1.29 is 9.18 Å². The zero-order valence-electron chi connectivity index (χ0n) is 11.2. The lowest BCUT2D eigenvalue weighted by atomic mass is 9.97. The van der Waals surface area contributed by atoms with Gasteiger partial charge in [-0.25, -0.2) is 4.39 Å². The first-order valence-corrected chi connectivity index (χ1v) is 6.85. The Morgan fingerprint density at radius 2 is 2.11 bits per heavy atom. The van der Waals surface area contributed by atoms with Gasteiger partial charge < -0.3 is 11.1 Å². The molecule has 0 aliphatic heterocycles. The molecule has 0 unspecified atom stereocenters. The lowest BCUT2D eigenvalue weighted by Crippen LogP contribution is -2.32. The van der Waals surface area contributed by atoms with Crippen LogP contribution in [0.5, 0.6) is 0 Å². The Morgan fingerprint density at radius 1 is 1.42 bits per heavy atom. The van der Waals surface area contributed by atoms with E-state index in [9.17, 15) is 9.18 Å². The number of hydrogen-bond acceptors (Lipinski definition) is 3. The fourth-order valence-electron chi connectivity index (χ4n) is 1.68. The predicted octanol–water partition coefficient (Wildman–Crippen LogP) is 3.40. The third-order valence-electron chi connectivity index (χ3n) is 2.67. The van der Waals surface area contributed by atoms with Crippen LogP contribution in [0.25, 0.3) is 10.1 Å². The monoisotopic (exact) mass is 280 g/mol. The van der Waals surface area contributed by atoms with Crippen molar-refractivity contribution in [3.63, 3.8) is 0 Å². The van der Waals surface area contributed by atoms with Crippen LogP contribution >= 0.6 is 11.3 Å². The Labute approximate surface area is 115 Å². The van der Waals surface area contributed by atoms with Crippen molar-refractivity contribution in [2.24, 2.45) is 5.41 Å². The maximum atomic E-state index is 13.2. The zero-order valence-corrected chi connectivity index (χ0v) is 12.0. The minimum atomic E-state index is -0.348. The molecule has 0 radical (unpaired) electrons. The summed E-state index contributed by atoms with van der Waals surface area (Å²) in [6, 6.07) is 4.38. The first-order valence-electron chi connectivity index (χ1n) is 6.04. The van der Waals surface area contributed by atoms with E-state index in [2.05, 4.69) is 5.32 Å². The SMILES string of the molecule is CC(C)(C)CNC(=O)c1sc2ccc(F)cc2c1N. The number of nitrogens with one attached hydrogen (secondary N) is 1. The summed E-state index contributed by atoms with van der Waals surface area (Å²) in [5, 5.41) is 3.46. The predicted molar refractivity (Wildman–Crippen MR) is 78.0 cm³/mol. The average Bonchev–Trinajstić information content (AvgIpc) is 2.63. The van der Waals surface area contributed by atoms with Crippen LogP contribution in [0.3, 0.4) is 0 Å². The van der Waals surface area contributed by atoms with E-state index in [4.69, 9.17) is 5.73 Å². The van der Waals surface area contributed by atoms with Crippen LogP contribution in [0.4, 0.5) is 10.1 Å². The summed E-state index contributed by atoms with van der Waals surface area (Å²) in [6.45, 7) is 6.68. The van der Waals surface area contributed by atoms with Gasteiger partial charge in [-0.05, 0) is 23.6 Å². The summed E-state index contributed by atoms with van der Waals surface area (Å²) in [5.41, 5.74) is 6.29. The number of halogens is 1. The molecule has 1 heterocycles. The molecule has 0 saturated carbocycles. The van der Waals surface area contributed by atoms with Gasteiger partial charge in [0.25, 0.3) is 5.91 Å². The van der Waals surface area contributed by atoms with Crippen molar-refractivity contribution in [1.29, 1.82) is 0 Å². The van der Waals surface area contributed by atoms with Crippen molar-refractivity contribution in [3.8, 4) is 0 Å². The Hall–Kier alpha value is -1.62. The molecular weight excluding hydrogens is 263 g/mol. The molecule has 102 valence electrons. The second-order valence-electron chi connectivity index (χ2n) is 5.73. The van der Waals surface area contributed by atoms with Gasteiger partial charge in [-0.1, -0.05) is 20.8 Å². The molecule has 0 aliphatic rings. The smallest absolute Gasteiger partial charge is 0.263 e. The van der Waals surface area contributed by atoms with E-state index >= 15 is 0 Å². The molecule has 1 amide bonds. The van der Waals surface area contributed by atoms with Gasteiger partial charge in [0.1, 0.15) is 10.7 Å². The topological polar surface area (TPSA) is 55.1 Å². The van der Waals surface area contributed by atoms with Gasteiger partial charge in [-0.2, -0.15) is 0 Å². The van der Waals surface area contributed by atoms with Gasteiger partial charge in [-0.3, -0.25) is 4.79 Å². The number of rotatable bonds is 2. The number of fused-ring (bicyclic) bond motifs is 1. The third-order valence-corrected chi connectivity index (χ3v) is 3.86. The number of benzene rings is 1. The standard InChI is InChI=1S/C14H17FN2OS/c1-14(2,3)7-17-13(18)12-11(16)9-6-8(15)4-5-10(9)19-12/h4-6H,7,16H2,1-3H3,(H,17,18). The second kappa shape index (κ2) is 4.81. The molecule has 2 aromatic rings. The molecule has 1 aromatic heterocycles. The number of nitrogen functional groups attached to an aromatic ring is 1. The molecule has 2 rings (SSSR count). The third kappa shape index (κ3) is 3.04. The quantitative estimate of drug-likeness (QED) is 0.886. The van der Waals surface area contributed by atoms with Crippen molar-refractivity contribution >= 4 is 33.0 Å². The van der Waals surface area contributed by atoms with E-state index < -0.39 is 0 Å². The molecule has 0 aliphatic carbocycles. The molecule has 1 aromatic carbocycles. The van der Waals surface area contributed by atoms with Gasteiger partial charge in [0.15, 0.2) is 0 Å². The average molecular weight is 280 g/mol. The van der Waals surface area contributed by atoms with Gasteiger partial charge in [0.05, 0.1) is 5.69 Å². The van der Waals surface area contributed by atoms with Crippen LogP contribution in [0, 0.1) is 11.2 Å². The number of carbonyl (C=O) groups excluding carboxylic acids is 1. The number of anilines is 1. The molecule has 5 heteroatoms. The van der Waals surface area contributed by atoms with E-state index in [-0.39, 0.29) is 17.1 Å². The number of thiophene rings is 1. The maximum absolute atomic E-state index is 13.2. The summed E-state index contributed by atoms with van der Waals surface area (Å²) < 4.78 is 14.0. The summed E-state index contributed by atoms with van der Waals surface area (Å²) in [6.07, 6.45) is 0. The summed E-state index contributed by atoms with van der Waals surface area (Å²) >= 11 is 1.29. The van der Waals surface area contributed by atoms with Crippen molar-refractivity contribution in [2.45, 2.75) is 20.8 Å². The van der Waals surface area contributed by atoms with E-state index in [0.29, 0.717) is 22.5 Å². The summed E-state index contributed by atoms with van der Waals surface area (Å²) in [4.78, 5) is 12.5. The summed E-state index contributed by atoms with van der Waals surface area (Å²) in [5.74, 6) is -0.548. The highest BCUT2D eigenvalue weighted by Crippen LogP contribution is 2.34. The minimum Gasteiger partial charge on any atom is -0.397 e. The van der Waals surface area contributed by atoms with Crippen molar-refractivity contribution in [2.75, 3.05) is 12.3 Å². The lowest BCUT2D eigenvalue weighted by molar-refractivity contribution is 0.0944. The highest BCUT2D eigenvalue weighted by Gasteiger charge is 2.18. The van der Waals surface area contributed by atoms with E-state index in [1.165, 1.54) is 23.5 Å². The van der Waals surface area contributed by atoms with E-state index in [0.717, 1.165) is 4.70 Å². The van der Waals surface area contributed by atoms with Gasteiger partial charge >= 0.3 is 0 Å². The van der Waals surface area contributed by atoms with Crippen LogP contribution in [-0.2, 0) is 0 Å². The fraction of sp³-hybridized carbons (Fsp3) is 0.357. The van der Waals surface area contributed by atoms with Crippen molar-refractivity contribution in [1.82, 2.24) is 5.32 Å². The molecule has 0 saturated heterocycles. The first-order chi connectivity index (χ1) is 8.78. The fourth-order valence-corrected chi connectivity index (χ4v) is 2.70. The first kappa shape index (κ1) is 13.8. The molecule has 0 atom stereocenters. The Morgan fingerprint density at radius 3 is 2.74 bits per heavy atom. The second-order valence-corrected chi connectivity index (χ2v) is 6.78. The van der Waals surface area contributed by atoms with Gasteiger partial charge in [0.2, 0.25) is 0 Å². The Bertz CT molecular complexity index is 628. The van der Waals surface area contributed by atoms with Crippen LogP contribution < -0.4 is 11.1 Å². The Kier molecular flexibility index (Phi) is 3.49. The zero-order chi connectivity index (χ0) is 14.2. The lowest BCUT2D eigenvalue weighted by Gasteiger charge is -2.18. The van der Waals surface area contributed by atoms with Gasteiger partial charge in [0, 0.05) is 16.6 Å². The van der Waals surface area contributed by atoms with E-state index in [1.54, 1.807) is 6.07 Å². The van der Waals surface area contributed by atoms with Crippen LogP contribution in [0.2, 0.25) is 0 Å². The number of hydrogen-bond donors (Lipinski definition) is 2. The van der Waals surface area contributed by atoms with Crippen LogP contribution in [0.1, 0.15) is 30.4 Å². The molecule has 0 bridgehead atoms. The molecule has 19 heavy (non-hydrogen) atoms. The minimum absolute atomic E-state index is 0.00715. The number of nitrogens with two attached hydrogens (primary N) is 1. The normalized spacial score (nSPS) is 11.8. The van der Waals surface area contributed by atoms with Gasteiger partial charge in [-0.15, -0.1) is 11.3 Å². The number of carbonyl (C=O) groups is 1. The molecule has 0 fully saturated rings. The number of amides is 1. The highest BCUT2D eigenvalue weighted by atomic mass is 32.1. The summed E-state index contributed by atoms with van der Waals surface area (Å²) in [7, 11) is 0. The largest absolute Gasteiger partial charge is 0.397 e. The van der Waals surface area contributed by atoms with Crippen molar-refractivity contribution in [3.05, 3.63) is 28.9 Å². The van der Waals surface area contributed by atoms with Crippen LogP contribution in [-0.4, -0.2) is 12.5 Å². The van der Waals surface area contributed by atoms with E-state index in [1.807, 2.05) is 20.8 Å².